The lowest BCUT2D eigenvalue weighted by Gasteiger charge is -2.11. The summed E-state index contributed by atoms with van der Waals surface area (Å²) in [5.74, 6) is -1.21. The molecule has 0 saturated carbocycles. The lowest BCUT2D eigenvalue weighted by Crippen LogP contribution is -2.43. The molecule has 4 heteroatoms. The fraction of sp³-hybridized carbons (Fsp3) is 0.250. The topological polar surface area (TPSA) is 71.1 Å². The van der Waals surface area contributed by atoms with Gasteiger partial charge >= 0.3 is 0 Å². The lowest BCUT2D eigenvalue weighted by atomic mass is 10.1. The van der Waals surface area contributed by atoms with Crippen molar-refractivity contribution in [2.24, 2.45) is 12.8 Å². The van der Waals surface area contributed by atoms with Gasteiger partial charge in [-0.15, -0.1) is 0 Å². The number of carbonyl (C=O) groups excluding carboxylic acids is 1. The molecule has 0 aliphatic heterocycles. The maximum Gasteiger partial charge on any atom is 0.0585 e. The van der Waals surface area contributed by atoms with Crippen LogP contribution < -0.4 is 10.8 Å². The third-order valence-corrected chi connectivity index (χ3v) is 2.72. The number of para-hydroxylation sites is 1. The number of rotatable bonds is 3. The Bertz CT molecular complexity index is 531. The van der Waals surface area contributed by atoms with Crippen LogP contribution in [0.1, 0.15) is 5.56 Å². The molecule has 1 aromatic carbocycles. The number of carbonyl (C=O) groups is 1. The van der Waals surface area contributed by atoms with Crippen LogP contribution in [0.5, 0.6) is 0 Å². The summed E-state index contributed by atoms with van der Waals surface area (Å²) in [6, 6.07) is 6.88. The monoisotopic (exact) mass is 217 g/mol. The van der Waals surface area contributed by atoms with Gasteiger partial charge in [-0.2, -0.15) is 0 Å². The molecule has 2 aromatic rings. The highest BCUT2D eigenvalue weighted by atomic mass is 16.4. The first-order valence-electron chi connectivity index (χ1n) is 5.09. The molecule has 0 saturated heterocycles. The van der Waals surface area contributed by atoms with Crippen LogP contribution in [0.3, 0.4) is 0 Å². The molecule has 0 aliphatic carbocycles. The number of benzene rings is 1. The fourth-order valence-electron chi connectivity index (χ4n) is 1.91. The average molecular weight is 217 g/mol. The van der Waals surface area contributed by atoms with E-state index >= 15 is 0 Å². The van der Waals surface area contributed by atoms with Crippen molar-refractivity contribution in [3.05, 3.63) is 36.0 Å². The zero-order chi connectivity index (χ0) is 11.7. The van der Waals surface area contributed by atoms with Gasteiger partial charge in [0.15, 0.2) is 0 Å². The summed E-state index contributed by atoms with van der Waals surface area (Å²) in [7, 11) is 1.93. The largest absolute Gasteiger partial charge is 0.548 e. The number of nitrogens with zero attached hydrogens (tertiary/aromatic N) is 1. The highest BCUT2D eigenvalue weighted by Gasteiger charge is 2.10. The van der Waals surface area contributed by atoms with E-state index in [0.29, 0.717) is 6.42 Å². The second-order valence-electron chi connectivity index (χ2n) is 3.91. The zero-order valence-electron chi connectivity index (χ0n) is 9.01. The number of carboxylic acids is 1. The van der Waals surface area contributed by atoms with Crippen molar-refractivity contribution < 1.29 is 9.90 Å². The van der Waals surface area contributed by atoms with Crippen molar-refractivity contribution in [2.75, 3.05) is 0 Å². The van der Waals surface area contributed by atoms with Crippen LogP contribution in [0, 0.1) is 0 Å². The van der Waals surface area contributed by atoms with E-state index in [0.717, 1.165) is 16.5 Å². The van der Waals surface area contributed by atoms with Gasteiger partial charge in [-0.05, 0) is 18.1 Å². The van der Waals surface area contributed by atoms with Crippen LogP contribution >= 0.6 is 0 Å². The molecule has 0 aliphatic rings. The molecule has 0 unspecified atom stereocenters. The van der Waals surface area contributed by atoms with Gasteiger partial charge in [0.2, 0.25) is 0 Å². The minimum absolute atomic E-state index is 0.295. The quantitative estimate of drug-likeness (QED) is 0.773. The molecule has 2 rings (SSSR count). The van der Waals surface area contributed by atoms with Gasteiger partial charge in [-0.3, -0.25) is 0 Å². The van der Waals surface area contributed by atoms with Crippen LogP contribution in [-0.4, -0.2) is 16.6 Å². The fourth-order valence-corrected chi connectivity index (χ4v) is 1.91. The van der Waals surface area contributed by atoms with E-state index in [-0.39, 0.29) is 0 Å². The predicted octanol–water partition coefficient (Wildman–Crippen LogP) is -0.202. The van der Waals surface area contributed by atoms with Gasteiger partial charge in [-0.1, -0.05) is 18.2 Å². The molecule has 1 atom stereocenters. The van der Waals surface area contributed by atoms with Crippen LogP contribution in [0.25, 0.3) is 10.9 Å². The first-order valence-corrected chi connectivity index (χ1v) is 5.09. The molecule has 0 radical (unpaired) electrons. The van der Waals surface area contributed by atoms with Crippen molar-refractivity contribution in [2.45, 2.75) is 12.5 Å². The SMILES string of the molecule is Cn1cc(C[C@H](N)C(=O)[O-])c2ccccc21. The Kier molecular flexibility index (Phi) is 2.66. The number of hydrogen-bond acceptors (Lipinski definition) is 3. The van der Waals surface area contributed by atoms with Gasteiger partial charge in [0.1, 0.15) is 0 Å². The van der Waals surface area contributed by atoms with Crippen molar-refractivity contribution in [3.8, 4) is 0 Å². The number of nitrogens with two attached hydrogens (primary N) is 1. The molecule has 2 N–H and O–H groups in total. The predicted molar refractivity (Wildman–Crippen MR) is 59.6 cm³/mol. The van der Waals surface area contributed by atoms with E-state index < -0.39 is 12.0 Å². The highest BCUT2D eigenvalue weighted by molar-refractivity contribution is 5.84. The van der Waals surface area contributed by atoms with Crippen molar-refractivity contribution >= 4 is 16.9 Å². The van der Waals surface area contributed by atoms with Crippen LogP contribution in [0.15, 0.2) is 30.5 Å². The van der Waals surface area contributed by atoms with Crippen molar-refractivity contribution in [1.29, 1.82) is 0 Å². The number of carboxylic acid groups (broad SMARTS) is 1. The maximum absolute atomic E-state index is 10.6. The van der Waals surface area contributed by atoms with Gasteiger partial charge < -0.3 is 20.2 Å². The Morgan fingerprint density at radius 1 is 1.50 bits per heavy atom. The molecule has 1 aromatic heterocycles. The smallest absolute Gasteiger partial charge is 0.0585 e. The van der Waals surface area contributed by atoms with E-state index in [9.17, 15) is 9.90 Å². The minimum Gasteiger partial charge on any atom is -0.548 e. The normalized spacial score (nSPS) is 12.9. The van der Waals surface area contributed by atoms with Gasteiger partial charge in [0.25, 0.3) is 0 Å². The van der Waals surface area contributed by atoms with Crippen molar-refractivity contribution in [3.63, 3.8) is 0 Å². The molecular formula is C12H13N2O2-. The standard InChI is InChI=1S/C12H14N2O2/c1-14-7-8(6-10(13)12(15)16)9-4-2-3-5-11(9)14/h2-5,7,10H,6,13H2,1H3,(H,15,16)/p-1/t10-/m0/s1. The van der Waals surface area contributed by atoms with E-state index in [1.807, 2.05) is 42.1 Å². The Morgan fingerprint density at radius 2 is 2.19 bits per heavy atom. The third kappa shape index (κ3) is 1.79. The number of aliphatic carboxylic acids is 1. The van der Waals surface area contributed by atoms with Crippen LogP contribution in [-0.2, 0) is 18.3 Å². The summed E-state index contributed by atoms with van der Waals surface area (Å²) in [6.07, 6.45) is 2.21. The molecule has 1 heterocycles. The number of fused-ring (bicyclic) bond motifs is 1. The van der Waals surface area contributed by atoms with E-state index in [1.54, 1.807) is 0 Å². The summed E-state index contributed by atoms with van der Waals surface area (Å²) in [5.41, 5.74) is 7.49. The molecule has 4 nitrogen and oxygen atoms in total. The van der Waals surface area contributed by atoms with E-state index in [4.69, 9.17) is 5.73 Å². The Hall–Kier alpha value is -1.81. The minimum atomic E-state index is -1.21. The molecule has 84 valence electrons. The summed E-state index contributed by atoms with van der Waals surface area (Å²) < 4.78 is 1.96. The first kappa shape index (κ1) is 10.7. The summed E-state index contributed by atoms with van der Waals surface area (Å²) in [6.45, 7) is 0. The summed E-state index contributed by atoms with van der Waals surface area (Å²) in [5, 5.41) is 11.6. The van der Waals surface area contributed by atoms with Gasteiger partial charge in [-0.25, -0.2) is 0 Å². The van der Waals surface area contributed by atoms with E-state index in [2.05, 4.69) is 0 Å². The highest BCUT2D eigenvalue weighted by Crippen LogP contribution is 2.21. The molecule has 0 bridgehead atoms. The van der Waals surface area contributed by atoms with Gasteiger partial charge in [0.05, 0.1) is 5.97 Å². The molecule has 0 spiro atoms. The molecular weight excluding hydrogens is 204 g/mol. The average Bonchev–Trinajstić information content (AvgIpc) is 2.57. The Labute approximate surface area is 93.3 Å². The Balaban J connectivity index is 2.42. The van der Waals surface area contributed by atoms with E-state index in [1.165, 1.54) is 0 Å². The summed E-state index contributed by atoms with van der Waals surface area (Å²) >= 11 is 0. The Morgan fingerprint density at radius 3 is 2.88 bits per heavy atom. The van der Waals surface area contributed by atoms with Gasteiger partial charge in [0, 0.05) is 30.2 Å². The number of aromatic nitrogens is 1. The van der Waals surface area contributed by atoms with Crippen LogP contribution in [0.4, 0.5) is 0 Å². The second kappa shape index (κ2) is 3.98. The summed E-state index contributed by atoms with van der Waals surface area (Å²) in [4.78, 5) is 10.6. The maximum atomic E-state index is 10.6. The second-order valence-corrected chi connectivity index (χ2v) is 3.91. The third-order valence-electron chi connectivity index (χ3n) is 2.72. The number of aryl methyl sites for hydroxylation is 1. The molecule has 0 amide bonds. The lowest BCUT2D eigenvalue weighted by molar-refractivity contribution is -0.307. The molecule has 0 fully saturated rings. The first-order chi connectivity index (χ1) is 7.59. The number of hydrogen-bond donors (Lipinski definition) is 1. The molecule has 16 heavy (non-hydrogen) atoms. The van der Waals surface area contributed by atoms with Crippen LogP contribution in [0.2, 0.25) is 0 Å². The zero-order valence-corrected chi connectivity index (χ0v) is 9.01. The van der Waals surface area contributed by atoms with Crippen molar-refractivity contribution in [1.82, 2.24) is 4.57 Å².